The number of rotatable bonds is 6. The third-order valence-corrected chi connectivity index (χ3v) is 5.27. The number of aromatic nitrogens is 2. The lowest BCUT2D eigenvalue weighted by Crippen LogP contribution is -2.30. The Bertz CT molecular complexity index is 1120. The number of fused-ring (bicyclic) bond motifs is 1. The van der Waals surface area contributed by atoms with E-state index >= 15 is 0 Å². The number of aryl methyl sites for hydroxylation is 1. The van der Waals surface area contributed by atoms with E-state index in [2.05, 4.69) is 43.3 Å². The third-order valence-electron chi connectivity index (χ3n) is 5.27. The van der Waals surface area contributed by atoms with E-state index in [1.807, 2.05) is 51.6 Å². The molecule has 4 aromatic rings. The van der Waals surface area contributed by atoms with Crippen molar-refractivity contribution in [1.29, 1.82) is 5.41 Å². The second-order valence-corrected chi connectivity index (χ2v) is 7.28. The van der Waals surface area contributed by atoms with Crippen LogP contribution in [-0.4, -0.2) is 20.8 Å². The number of hydrogen-bond acceptors (Lipinski definition) is 2. The number of imidazole rings is 1. The van der Waals surface area contributed by atoms with Crippen molar-refractivity contribution in [2.24, 2.45) is 0 Å². The SMILES string of the molecule is Cc1ccc(CC(CO)n2c(=N)n(Cc3ccccc3)c3ccccc32)cc1. The van der Waals surface area contributed by atoms with Crippen LogP contribution in [-0.2, 0) is 13.0 Å². The number of nitrogens with zero attached hydrogens (tertiary/aromatic N) is 2. The van der Waals surface area contributed by atoms with Crippen molar-refractivity contribution in [3.05, 3.63) is 101 Å². The predicted octanol–water partition coefficient (Wildman–Crippen LogP) is 4.06. The molecule has 4 heteroatoms. The third kappa shape index (κ3) is 3.51. The molecule has 28 heavy (non-hydrogen) atoms. The summed E-state index contributed by atoms with van der Waals surface area (Å²) in [7, 11) is 0. The van der Waals surface area contributed by atoms with Crippen molar-refractivity contribution in [2.75, 3.05) is 6.61 Å². The Kier molecular flexibility index (Phi) is 5.13. The Hall–Kier alpha value is -3.11. The molecule has 4 nitrogen and oxygen atoms in total. The lowest BCUT2D eigenvalue weighted by molar-refractivity contribution is 0.225. The fraction of sp³-hybridized carbons (Fsp3) is 0.208. The summed E-state index contributed by atoms with van der Waals surface area (Å²) in [4.78, 5) is 0. The average Bonchev–Trinajstić information content (AvgIpc) is 3.00. The van der Waals surface area contributed by atoms with Crippen LogP contribution in [0.5, 0.6) is 0 Å². The monoisotopic (exact) mass is 371 g/mol. The van der Waals surface area contributed by atoms with Crippen LogP contribution in [0.1, 0.15) is 22.7 Å². The van der Waals surface area contributed by atoms with Crippen molar-refractivity contribution in [2.45, 2.75) is 25.9 Å². The van der Waals surface area contributed by atoms with Crippen LogP contribution in [0.3, 0.4) is 0 Å². The first-order valence-corrected chi connectivity index (χ1v) is 9.62. The number of para-hydroxylation sites is 2. The molecule has 1 atom stereocenters. The van der Waals surface area contributed by atoms with Crippen LogP contribution < -0.4 is 5.62 Å². The highest BCUT2D eigenvalue weighted by atomic mass is 16.3. The van der Waals surface area contributed by atoms with Gasteiger partial charge in [-0.3, -0.25) is 5.41 Å². The number of aliphatic hydroxyl groups excluding tert-OH is 1. The van der Waals surface area contributed by atoms with Gasteiger partial charge in [-0.05, 0) is 36.6 Å². The molecule has 3 aromatic carbocycles. The second kappa shape index (κ2) is 7.87. The Morgan fingerprint density at radius 2 is 1.46 bits per heavy atom. The van der Waals surface area contributed by atoms with Gasteiger partial charge in [-0.2, -0.15) is 0 Å². The maximum absolute atomic E-state index is 10.2. The smallest absolute Gasteiger partial charge is 0.203 e. The normalized spacial score (nSPS) is 12.4. The standard InChI is InChI=1S/C24H25N3O/c1-18-11-13-19(14-12-18)15-21(17-28)27-23-10-6-5-9-22(23)26(24(27)25)16-20-7-3-2-4-8-20/h2-14,21,25,28H,15-17H2,1H3. The fourth-order valence-corrected chi connectivity index (χ4v) is 3.78. The minimum Gasteiger partial charge on any atom is -0.394 e. The van der Waals surface area contributed by atoms with Crippen LogP contribution >= 0.6 is 0 Å². The predicted molar refractivity (Wildman–Crippen MR) is 112 cm³/mol. The number of aliphatic hydroxyl groups is 1. The Labute approximate surface area is 164 Å². The Morgan fingerprint density at radius 1 is 0.821 bits per heavy atom. The van der Waals surface area contributed by atoms with Crippen molar-refractivity contribution in [3.63, 3.8) is 0 Å². The fourth-order valence-electron chi connectivity index (χ4n) is 3.78. The number of benzene rings is 3. The van der Waals surface area contributed by atoms with Gasteiger partial charge in [0.15, 0.2) is 0 Å². The van der Waals surface area contributed by atoms with Crippen LogP contribution in [0, 0.1) is 12.3 Å². The van der Waals surface area contributed by atoms with Gasteiger partial charge in [0.2, 0.25) is 5.62 Å². The molecule has 1 aromatic heterocycles. The highest BCUT2D eigenvalue weighted by Gasteiger charge is 2.18. The summed E-state index contributed by atoms with van der Waals surface area (Å²) in [6.45, 7) is 2.70. The zero-order valence-electron chi connectivity index (χ0n) is 16.0. The molecule has 2 N–H and O–H groups in total. The number of hydrogen-bond donors (Lipinski definition) is 2. The first-order valence-electron chi connectivity index (χ1n) is 9.62. The molecule has 0 aliphatic carbocycles. The van der Waals surface area contributed by atoms with Gasteiger partial charge in [0, 0.05) is 0 Å². The van der Waals surface area contributed by atoms with Crippen LogP contribution in [0.15, 0.2) is 78.9 Å². The molecule has 0 spiro atoms. The zero-order valence-corrected chi connectivity index (χ0v) is 16.0. The molecule has 0 radical (unpaired) electrons. The molecule has 0 fully saturated rings. The van der Waals surface area contributed by atoms with E-state index in [1.54, 1.807) is 0 Å². The molecule has 142 valence electrons. The van der Waals surface area contributed by atoms with Gasteiger partial charge in [0.05, 0.1) is 30.2 Å². The van der Waals surface area contributed by atoms with E-state index in [9.17, 15) is 5.11 Å². The van der Waals surface area contributed by atoms with Crippen LogP contribution in [0.2, 0.25) is 0 Å². The average molecular weight is 371 g/mol. The second-order valence-electron chi connectivity index (χ2n) is 7.28. The van der Waals surface area contributed by atoms with Crippen LogP contribution in [0.4, 0.5) is 0 Å². The van der Waals surface area contributed by atoms with E-state index in [1.165, 1.54) is 5.56 Å². The highest BCUT2D eigenvalue weighted by Crippen LogP contribution is 2.21. The first kappa shape index (κ1) is 18.3. The van der Waals surface area contributed by atoms with Crippen molar-refractivity contribution >= 4 is 11.0 Å². The topological polar surface area (TPSA) is 53.9 Å². The van der Waals surface area contributed by atoms with E-state index in [0.717, 1.165) is 22.2 Å². The lowest BCUT2D eigenvalue weighted by atomic mass is 10.0. The lowest BCUT2D eigenvalue weighted by Gasteiger charge is -2.17. The van der Waals surface area contributed by atoms with Crippen molar-refractivity contribution < 1.29 is 5.11 Å². The molecule has 0 aliphatic heterocycles. The summed E-state index contributed by atoms with van der Waals surface area (Å²) >= 11 is 0. The summed E-state index contributed by atoms with van der Waals surface area (Å²) < 4.78 is 3.99. The number of nitrogens with one attached hydrogen (secondary N) is 1. The van der Waals surface area contributed by atoms with Crippen molar-refractivity contribution in [1.82, 2.24) is 9.13 Å². The molecule has 0 aliphatic rings. The van der Waals surface area contributed by atoms with Gasteiger partial charge >= 0.3 is 0 Å². The molecule has 1 unspecified atom stereocenters. The van der Waals surface area contributed by atoms with Crippen molar-refractivity contribution in [3.8, 4) is 0 Å². The summed E-state index contributed by atoms with van der Waals surface area (Å²) in [6, 6.07) is 26.5. The maximum Gasteiger partial charge on any atom is 0.203 e. The van der Waals surface area contributed by atoms with E-state index < -0.39 is 0 Å². The summed E-state index contributed by atoms with van der Waals surface area (Å²) in [5, 5.41) is 19.0. The Balaban J connectivity index is 1.78. The largest absolute Gasteiger partial charge is 0.394 e. The molecular weight excluding hydrogens is 346 g/mol. The van der Waals surface area contributed by atoms with Gasteiger partial charge in [0.1, 0.15) is 0 Å². The summed E-state index contributed by atoms with van der Waals surface area (Å²) in [5.74, 6) is 0. The molecular formula is C24H25N3O. The molecule has 0 bridgehead atoms. The van der Waals surface area contributed by atoms with E-state index in [0.29, 0.717) is 18.6 Å². The highest BCUT2D eigenvalue weighted by molar-refractivity contribution is 5.76. The molecule has 0 saturated carbocycles. The minimum absolute atomic E-state index is 0.0102. The molecule has 1 heterocycles. The molecule has 0 amide bonds. The quantitative estimate of drug-likeness (QED) is 0.528. The van der Waals surface area contributed by atoms with Crippen LogP contribution in [0.25, 0.3) is 11.0 Å². The molecule has 0 saturated heterocycles. The van der Waals surface area contributed by atoms with Gasteiger partial charge in [-0.25, -0.2) is 0 Å². The Morgan fingerprint density at radius 3 is 2.14 bits per heavy atom. The van der Waals surface area contributed by atoms with Gasteiger partial charge < -0.3 is 14.2 Å². The van der Waals surface area contributed by atoms with Gasteiger partial charge in [0.25, 0.3) is 0 Å². The summed E-state index contributed by atoms with van der Waals surface area (Å²) in [6.07, 6.45) is 0.687. The first-order chi connectivity index (χ1) is 13.7. The van der Waals surface area contributed by atoms with Gasteiger partial charge in [-0.15, -0.1) is 0 Å². The maximum atomic E-state index is 10.2. The zero-order chi connectivity index (χ0) is 19.5. The van der Waals surface area contributed by atoms with Gasteiger partial charge in [-0.1, -0.05) is 72.3 Å². The minimum atomic E-state index is -0.183. The van der Waals surface area contributed by atoms with E-state index in [-0.39, 0.29) is 12.6 Å². The van der Waals surface area contributed by atoms with E-state index in [4.69, 9.17) is 5.41 Å². The molecule has 4 rings (SSSR count). The summed E-state index contributed by atoms with van der Waals surface area (Å²) in [5.41, 5.74) is 5.95.